The lowest BCUT2D eigenvalue weighted by Gasteiger charge is -2.13. The van der Waals surface area contributed by atoms with Gasteiger partial charge in [0.15, 0.2) is 5.84 Å². The molecule has 0 aliphatic carbocycles. The van der Waals surface area contributed by atoms with Crippen molar-refractivity contribution >= 4 is 17.2 Å². The average molecular weight is 228 g/mol. The monoisotopic (exact) mass is 228 g/mol. The number of nitrogens with one attached hydrogen (secondary N) is 1. The Morgan fingerprint density at radius 3 is 3.00 bits per heavy atom. The molecule has 0 fully saturated rings. The Labute approximate surface area is 93.0 Å². The van der Waals surface area contributed by atoms with Gasteiger partial charge in [0.1, 0.15) is 5.01 Å². The quantitative estimate of drug-likeness (QED) is 0.304. The summed E-state index contributed by atoms with van der Waals surface area (Å²) >= 11 is 1.60. The minimum absolute atomic E-state index is 0.0980. The van der Waals surface area contributed by atoms with Gasteiger partial charge in [-0.25, -0.2) is 4.98 Å². The van der Waals surface area contributed by atoms with Gasteiger partial charge in [0.05, 0.1) is 6.04 Å². The molecule has 1 atom stereocenters. The van der Waals surface area contributed by atoms with Gasteiger partial charge in [0.2, 0.25) is 0 Å². The van der Waals surface area contributed by atoms with E-state index in [1.807, 2.05) is 19.2 Å². The van der Waals surface area contributed by atoms with Crippen LogP contribution in [0.25, 0.3) is 0 Å². The van der Waals surface area contributed by atoms with Crippen molar-refractivity contribution in [2.24, 2.45) is 10.9 Å². The molecule has 6 heteroatoms. The lowest BCUT2D eigenvalue weighted by Crippen LogP contribution is -2.40. The van der Waals surface area contributed by atoms with Gasteiger partial charge in [-0.1, -0.05) is 12.1 Å². The van der Waals surface area contributed by atoms with Crippen LogP contribution in [-0.2, 0) is 6.54 Å². The zero-order valence-corrected chi connectivity index (χ0v) is 9.71. The number of hydrogen-bond acceptors (Lipinski definition) is 5. The number of oxime groups is 1. The lowest BCUT2D eigenvalue weighted by molar-refractivity contribution is 0.314. The third kappa shape index (κ3) is 3.49. The van der Waals surface area contributed by atoms with E-state index >= 15 is 0 Å². The highest BCUT2D eigenvalue weighted by Gasteiger charge is 2.11. The fraction of sp³-hybridized carbons (Fsp3) is 0.556. The van der Waals surface area contributed by atoms with Crippen LogP contribution in [0.4, 0.5) is 0 Å². The largest absolute Gasteiger partial charge is 0.409 e. The number of rotatable bonds is 5. The molecule has 0 aromatic carbocycles. The van der Waals surface area contributed by atoms with E-state index in [0.29, 0.717) is 6.54 Å². The van der Waals surface area contributed by atoms with Crippen molar-refractivity contribution in [3.8, 4) is 0 Å². The molecular formula is C9H16N4OS. The van der Waals surface area contributed by atoms with Crippen LogP contribution in [-0.4, -0.2) is 22.1 Å². The van der Waals surface area contributed by atoms with E-state index in [4.69, 9.17) is 10.9 Å². The van der Waals surface area contributed by atoms with Crippen LogP contribution in [0.1, 0.15) is 24.0 Å². The standard InChI is InChI=1S/C9H16N4OS/c1-3-7(9(10)13-14)11-4-8-12-6(2)5-15-8/h5,7,11,14H,3-4H2,1-2H3,(H2,10,13). The normalized spacial score (nSPS) is 14.1. The highest BCUT2D eigenvalue weighted by Crippen LogP contribution is 2.08. The Hall–Kier alpha value is -1.14. The van der Waals surface area contributed by atoms with Crippen molar-refractivity contribution in [1.82, 2.24) is 10.3 Å². The van der Waals surface area contributed by atoms with Gasteiger partial charge in [-0.15, -0.1) is 11.3 Å². The van der Waals surface area contributed by atoms with Crippen LogP contribution in [0.15, 0.2) is 10.5 Å². The predicted octanol–water partition coefficient (Wildman–Crippen LogP) is 1.07. The summed E-state index contributed by atoms with van der Waals surface area (Å²) in [6, 6.07) is -0.0980. The Balaban J connectivity index is 2.48. The number of nitrogens with zero attached hydrogens (tertiary/aromatic N) is 2. The molecule has 1 aromatic heterocycles. The summed E-state index contributed by atoms with van der Waals surface area (Å²) in [6.45, 7) is 4.58. The molecule has 0 spiro atoms. The minimum atomic E-state index is -0.0980. The molecule has 84 valence electrons. The second kappa shape index (κ2) is 5.67. The number of hydrogen-bond donors (Lipinski definition) is 3. The van der Waals surface area contributed by atoms with Crippen LogP contribution in [0, 0.1) is 6.92 Å². The molecule has 5 nitrogen and oxygen atoms in total. The smallest absolute Gasteiger partial charge is 0.156 e. The molecule has 0 saturated heterocycles. The lowest BCUT2D eigenvalue weighted by atomic mass is 10.2. The molecule has 0 aliphatic rings. The maximum Gasteiger partial charge on any atom is 0.156 e. The molecular weight excluding hydrogens is 212 g/mol. The molecule has 0 aliphatic heterocycles. The van der Waals surface area contributed by atoms with Gasteiger partial charge < -0.3 is 16.3 Å². The number of thiazole rings is 1. The van der Waals surface area contributed by atoms with E-state index in [9.17, 15) is 0 Å². The van der Waals surface area contributed by atoms with Gasteiger partial charge >= 0.3 is 0 Å². The summed E-state index contributed by atoms with van der Waals surface area (Å²) < 4.78 is 0. The van der Waals surface area contributed by atoms with Gasteiger partial charge in [-0.3, -0.25) is 0 Å². The van der Waals surface area contributed by atoms with Gasteiger partial charge in [0.25, 0.3) is 0 Å². The van der Waals surface area contributed by atoms with Crippen LogP contribution < -0.4 is 11.1 Å². The van der Waals surface area contributed by atoms with Crippen molar-refractivity contribution in [2.45, 2.75) is 32.9 Å². The maximum absolute atomic E-state index is 8.55. The highest BCUT2D eigenvalue weighted by atomic mass is 32.1. The molecule has 15 heavy (non-hydrogen) atoms. The Morgan fingerprint density at radius 1 is 1.80 bits per heavy atom. The Morgan fingerprint density at radius 2 is 2.53 bits per heavy atom. The number of aromatic nitrogens is 1. The second-order valence-corrected chi connectivity index (χ2v) is 4.19. The van der Waals surface area contributed by atoms with E-state index in [2.05, 4.69) is 15.5 Å². The van der Waals surface area contributed by atoms with Gasteiger partial charge in [-0.05, 0) is 13.3 Å². The van der Waals surface area contributed by atoms with Crippen LogP contribution in [0.5, 0.6) is 0 Å². The first-order chi connectivity index (χ1) is 7.17. The number of nitrogens with two attached hydrogens (primary N) is 1. The summed E-state index contributed by atoms with van der Waals surface area (Å²) in [7, 11) is 0. The van der Waals surface area contributed by atoms with Crippen molar-refractivity contribution in [1.29, 1.82) is 0 Å². The highest BCUT2D eigenvalue weighted by molar-refractivity contribution is 7.09. The molecule has 0 bridgehead atoms. The van der Waals surface area contributed by atoms with E-state index in [-0.39, 0.29) is 11.9 Å². The fourth-order valence-electron chi connectivity index (χ4n) is 1.22. The number of amidine groups is 1. The van der Waals surface area contributed by atoms with Crippen LogP contribution in [0.2, 0.25) is 0 Å². The fourth-order valence-corrected chi connectivity index (χ4v) is 1.94. The third-order valence-corrected chi connectivity index (χ3v) is 3.01. The predicted molar refractivity (Wildman–Crippen MR) is 61.2 cm³/mol. The van der Waals surface area contributed by atoms with Gasteiger partial charge in [0, 0.05) is 17.6 Å². The number of aryl methyl sites for hydroxylation is 1. The zero-order chi connectivity index (χ0) is 11.3. The van der Waals surface area contributed by atoms with Crippen molar-refractivity contribution in [3.05, 3.63) is 16.1 Å². The molecule has 0 saturated carbocycles. The first kappa shape index (κ1) is 11.9. The summed E-state index contributed by atoms with van der Waals surface area (Å²) in [5.41, 5.74) is 6.54. The van der Waals surface area contributed by atoms with Crippen molar-refractivity contribution in [3.63, 3.8) is 0 Å². The SMILES string of the molecule is CCC(NCc1nc(C)cs1)C(N)=NO. The Kier molecular flexibility index (Phi) is 4.51. The molecule has 0 radical (unpaired) electrons. The zero-order valence-electron chi connectivity index (χ0n) is 8.90. The van der Waals surface area contributed by atoms with E-state index < -0.39 is 0 Å². The van der Waals surface area contributed by atoms with Gasteiger partial charge in [-0.2, -0.15) is 0 Å². The molecule has 1 heterocycles. The van der Waals surface area contributed by atoms with Crippen LogP contribution >= 0.6 is 11.3 Å². The first-order valence-electron chi connectivity index (χ1n) is 4.79. The summed E-state index contributed by atoms with van der Waals surface area (Å²) in [5, 5.41) is 17.7. The topological polar surface area (TPSA) is 83.5 Å². The molecule has 1 aromatic rings. The van der Waals surface area contributed by atoms with E-state index in [0.717, 1.165) is 17.1 Å². The third-order valence-electron chi connectivity index (χ3n) is 2.05. The van der Waals surface area contributed by atoms with E-state index in [1.54, 1.807) is 11.3 Å². The summed E-state index contributed by atoms with van der Waals surface area (Å²) in [6.07, 6.45) is 0.778. The van der Waals surface area contributed by atoms with Crippen molar-refractivity contribution in [2.75, 3.05) is 0 Å². The second-order valence-electron chi connectivity index (χ2n) is 3.25. The maximum atomic E-state index is 8.55. The minimum Gasteiger partial charge on any atom is -0.409 e. The van der Waals surface area contributed by atoms with E-state index in [1.165, 1.54) is 0 Å². The molecule has 0 amide bonds. The molecule has 4 N–H and O–H groups in total. The summed E-state index contributed by atoms with van der Waals surface area (Å²) in [5.74, 6) is 0.214. The Bertz CT molecular complexity index is 337. The average Bonchev–Trinajstić information content (AvgIpc) is 2.64. The van der Waals surface area contributed by atoms with Crippen molar-refractivity contribution < 1.29 is 5.21 Å². The molecule has 1 unspecified atom stereocenters. The summed E-state index contributed by atoms with van der Waals surface area (Å²) in [4.78, 5) is 4.31. The van der Waals surface area contributed by atoms with Crippen LogP contribution in [0.3, 0.4) is 0 Å². The first-order valence-corrected chi connectivity index (χ1v) is 5.67. The molecule has 1 rings (SSSR count).